The normalized spacial score (nSPS) is 14.4. The molecular weight excluding hydrogens is 632 g/mol. The molecule has 33 heavy (non-hydrogen) atoms. The van der Waals surface area contributed by atoms with Crippen molar-refractivity contribution in [3.63, 3.8) is 0 Å². The van der Waals surface area contributed by atoms with Gasteiger partial charge in [0, 0.05) is 19.6 Å². The molecule has 0 fully saturated rings. The van der Waals surface area contributed by atoms with E-state index in [4.69, 9.17) is 9.16 Å². The van der Waals surface area contributed by atoms with Crippen LogP contribution in [0.25, 0.3) is 0 Å². The summed E-state index contributed by atoms with van der Waals surface area (Å²) in [7, 11) is -0.850. The average Bonchev–Trinajstić information content (AvgIpc) is 2.78. The number of benzene rings is 3. The molecule has 0 amide bonds. The minimum absolute atomic E-state index is 0. The van der Waals surface area contributed by atoms with Gasteiger partial charge in [-0.05, 0) is 34.8 Å². The van der Waals surface area contributed by atoms with Crippen LogP contribution >= 0.6 is 0 Å². The fraction of sp³-hybridized carbons (Fsp3) is 0.321. The summed E-state index contributed by atoms with van der Waals surface area (Å²) in [6, 6.07) is 31.9. The van der Waals surface area contributed by atoms with E-state index in [9.17, 15) is 0 Å². The predicted octanol–water partition coefficient (Wildman–Crippen LogP) is 2.72. The minimum atomic E-state index is -2.61. The van der Waals surface area contributed by atoms with Crippen LogP contribution in [0.15, 0.2) is 91.0 Å². The van der Waals surface area contributed by atoms with E-state index in [0.29, 0.717) is 0 Å². The first-order valence-electron chi connectivity index (χ1n) is 11.0. The zero-order valence-electron chi connectivity index (χ0n) is 20.7. The molecule has 2 atom stereocenters. The Morgan fingerprint density at radius 2 is 1.12 bits per heavy atom. The first kappa shape index (κ1) is 30.1. The molecule has 3 aromatic rings. The van der Waals surface area contributed by atoms with Crippen LogP contribution < -0.4 is 22.8 Å². The van der Waals surface area contributed by atoms with E-state index in [1.54, 1.807) is 7.11 Å². The van der Waals surface area contributed by atoms with Gasteiger partial charge in [0.25, 0.3) is 8.32 Å². The SMILES string of the molecule is CO[C@](C)([CH][C@H](C)O[Si](c1ccccc1)(c1ccccc1)C(C)(C)C)c1ccccc1.[Cl-].[Hg+]. The van der Waals surface area contributed by atoms with Gasteiger partial charge >= 0.3 is 27.7 Å². The third-order valence-electron chi connectivity index (χ3n) is 6.10. The molecule has 0 spiro atoms. The summed E-state index contributed by atoms with van der Waals surface area (Å²) in [5, 5.41) is 2.51. The Hall–Kier alpha value is -0.978. The van der Waals surface area contributed by atoms with Crippen molar-refractivity contribution < 1.29 is 49.2 Å². The molecule has 172 valence electrons. The quantitative estimate of drug-likeness (QED) is 0.345. The van der Waals surface area contributed by atoms with Crippen molar-refractivity contribution in [2.75, 3.05) is 7.11 Å². The maximum atomic E-state index is 7.20. The number of hydrogen-bond donors (Lipinski definition) is 0. The van der Waals surface area contributed by atoms with Crippen LogP contribution in [0.5, 0.6) is 0 Å². The Bertz CT molecular complexity index is 908. The molecule has 0 aromatic heterocycles. The van der Waals surface area contributed by atoms with E-state index in [2.05, 4.69) is 114 Å². The standard InChI is InChI=1S/C28H35O2Si.ClH.Hg/c1-23(22-28(5,29-6)24-16-10-7-11-17-24)30-31(27(2,3)4,25-18-12-8-13-19-25)26-20-14-9-15-21-26;;/h7-23H,1-6H3;1H;/q;;+1/p-1/t23-,28+;;/m0../s1. The first-order chi connectivity index (χ1) is 14.7. The number of halogens is 1. The monoisotopic (exact) mass is 668 g/mol. The van der Waals surface area contributed by atoms with Crippen LogP contribution in [0.3, 0.4) is 0 Å². The maximum absolute atomic E-state index is 7.20. The summed E-state index contributed by atoms with van der Waals surface area (Å²) in [6.45, 7) is 11.2. The number of ether oxygens (including phenoxy) is 1. The average molecular weight is 668 g/mol. The van der Waals surface area contributed by atoms with E-state index >= 15 is 0 Å². The molecule has 0 bridgehead atoms. The first-order valence-corrected chi connectivity index (χ1v) is 12.9. The van der Waals surface area contributed by atoms with E-state index < -0.39 is 13.9 Å². The summed E-state index contributed by atoms with van der Waals surface area (Å²) in [5.41, 5.74) is 0.585. The van der Waals surface area contributed by atoms with E-state index in [-0.39, 0.29) is 51.2 Å². The Balaban J connectivity index is 0.00000272. The molecule has 0 heterocycles. The second kappa shape index (κ2) is 12.6. The molecule has 2 radical (unpaired) electrons. The van der Waals surface area contributed by atoms with Gasteiger partial charge in [0.05, 0.1) is 5.60 Å². The van der Waals surface area contributed by atoms with Gasteiger partial charge in [-0.1, -0.05) is 112 Å². The van der Waals surface area contributed by atoms with Gasteiger partial charge in [0.15, 0.2) is 0 Å². The Kier molecular flexibility index (Phi) is 11.5. The third kappa shape index (κ3) is 6.58. The molecule has 0 N–H and O–H groups in total. The smallest absolute Gasteiger partial charge is 1.00 e. The zero-order chi connectivity index (χ0) is 22.5. The number of rotatable bonds is 8. The molecule has 0 aliphatic heterocycles. The fourth-order valence-electron chi connectivity index (χ4n) is 4.50. The van der Waals surface area contributed by atoms with Gasteiger partial charge < -0.3 is 21.6 Å². The van der Waals surface area contributed by atoms with Gasteiger partial charge in [-0.2, -0.15) is 0 Å². The summed E-state index contributed by atoms with van der Waals surface area (Å²) in [6.07, 6.45) is 2.08. The molecule has 3 aromatic carbocycles. The van der Waals surface area contributed by atoms with Gasteiger partial charge in [-0.15, -0.1) is 0 Å². The van der Waals surface area contributed by atoms with Crippen molar-refractivity contribution in [1.29, 1.82) is 0 Å². The van der Waals surface area contributed by atoms with Crippen LogP contribution in [-0.4, -0.2) is 21.5 Å². The Morgan fingerprint density at radius 3 is 1.48 bits per heavy atom. The van der Waals surface area contributed by atoms with Crippen molar-refractivity contribution in [2.45, 2.75) is 51.4 Å². The molecule has 3 rings (SSSR count). The van der Waals surface area contributed by atoms with Crippen molar-refractivity contribution >= 4 is 18.7 Å². The summed E-state index contributed by atoms with van der Waals surface area (Å²) in [5.74, 6) is 0. The molecular formula is C28H35ClHgO2Si. The topological polar surface area (TPSA) is 18.5 Å². The van der Waals surface area contributed by atoms with Crippen molar-refractivity contribution in [3.05, 3.63) is 103 Å². The number of hydrogen-bond acceptors (Lipinski definition) is 2. The summed E-state index contributed by atoms with van der Waals surface area (Å²) in [4.78, 5) is 0. The Labute approximate surface area is 228 Å². The molecule has 0 aliphatic carbocycles. The van der Waals surface area contributed by atoms with Crippen LogP contribution in [0.2, 0.25) is 5.04 Å². The van der Waals surface area contributed by atoms with E-state index in [0.717, 1.165) is 5.56 Å². The van der Waals surface area contributed by atoms with Crippen LogP contribution in [0.4, 0.5) is 0 Å². The fourth-order valence-corrected chi connectivity index (χ4v) is 9.14. The van der Waals surface area contributed by atoms with Gasteiger partial charge in [-0.25, -0.2) is 0 Å². The predicted molar refractivity (Wildman–Crippen MR) is 133 cm³/mol. The molecule has 2 nitrogen and oxygen atoms in total. The van der Waals surface area contributed by atoms with Gasteiger partial charge in [0.1, 0.15) is 0 Å². The maximum Gasteiger partial charge on any atom is 1.00 e. The van der Waals surface area contributed by atoms with Crippen LogP contribution in [0, 0.1) is 6.42 Å². The van der Waals surface area contributed by atoms with E-state index in [1.165, 1.54) is 10.4 Å². The minimum Gasteiger partial charge on any atom is -1.00 e. The van der Waals surface area contributed by atoms with Crippen molar-refractivity contribution in [3.8, 4) is 0 Å². The largest absolute Gasteiger partial charge is 1.00 e. The van der Waals surface area contributed by atoms with Crippen molar-refractivity contribution in [2.24, 2.45) is 0 Å². The molecule has 0 aliphatic rings. The van der Waals surface area contributed by atoms with Crippen molar-refractivity contribution in [1.82, 2.24) is 0 Å². The second-order valence-electron chi connectivity index (χ2n) is 9.33. The molecule has 0 saturated carbocycles. The van der Waals surface area contributed by atoms with Gasteiger partial charge in [-0.3, -0.25) is 0 Å². The van der Waals surface area contributed by atoms with Gasteiger partial charge in [0.2, 0.25) is 0 Å². The van der Waals surface area contributed by atoms with Crippen LogP contribution in [0.1, 0.15) is 40.2 Å². The molecule has 0 unspecified atom stereocenters. The number of methoxy groups -OCH3 is 1. The third-order valence-corrected chi connectivity index (χ3v) is 11.2. The van der Waals surface area contributed by atoms with Crippen LogP contribution in [-0.2, 0) is 42.4 Å². The molecule has 5 heteroatoms. The Morgan fingerprint density at radius 1 is 0.727 bits per heavy atom. The summed E-state index contributed by atoms with van der Waals surface area (Å²) >= 11 is 0. The zero-order valence-corrected chi connectivity index (χ0v) is 28.0. The van der Waals surface area contributed by atoms with E-state index in [1.807, 2.05) is 18.2 Å². The summed E-state index contributed by atoms with van der Waals surface area (Å²) < 4.78 is 13.2. The second-order valence-corrected chi connectivity index (χ2v) is 13.6. The molecule has 0 saturated heterocycles.